The van der Waals surface area contributed by atoms with E-state index in [2.05, 4.69) is 21.9 Å². The number of hydrogen-bond donors (Lipinski definition) is 0. The van der Waals surface area contributed by atoms with E-state index in [0.29, 0.717) is 11.5 Å². The maximum absolute atomic E-state index is 12.7. The summed E-state index contributed by atoms with van der Waals surface area (Å²) in [5.74, 6) is -0.174. The summed E-state index contributed by atoms with van der Waals surface area (Å²) in [6.45, 7) is 9.27. The summed E-state index contributed by atoms with van der Waals surface area (Å²) < 4.78 is 18.1. The number of carbonyl (C=O) groups excluding carboxylic acids is 2. The van der Waals surface area contributed by atoms with Crippen LogP contribution in [-0.2, 0) is 14.3 Å². The first-order valence-corrected chi connectivity index (χ1v) is 10.2. The first-order valence-electron chi connectivity index (χ1n) is 10.2. The summed E-state index contributed by atoms with van der Waals surface area (Å²) in [6, 6.07) is 4.90. The van der Waals surface area contributed by atoms with E-state index in [1.165, 1.54) is 22.9 Å². The third-order valence-corrected chi connectivity index (χ3v) is 5.12. The number of ether oxygens (including phenoxy) is 3. The summed E-state index contributed by atoms with van der Waals surface area (Å²) in [6.07, 6.45) is 2.39. The van der Waals surface area contributed by atoms with Crippen LogP contribution in [0.1, 0.15) is 32.8 Å². The normalized spacial score (nSPS) is 18.7. The Morgan fingerprint density at radius 1 is 1.25 bits per heavy atom. The molecule has 168 valence electrons. The van der Waals surface area contributed by atoms with Gasteiger partial charge in [-0.25, -0.2) is 9.59 Å². The van der Waals surface area contributed by atoms with E-state index >= 15 is 0 Å². The predicted molar refractivity (Wildman–Crippen MR) is 116 cm³/mol. The molecule has 1 amide bonds. The van der Waals surface area contributed by atoms with Crippen LogP contribution >= 0.6 is 0 Å². The van der Waals surface area contributed by atoms with E-state index in [1.807, 2.05) is 18.2 Å². The maximum atomic E-state index is 12.7. The predicted octanol–water partition coefficient (Wildman–Crippen LogP) is 2.85. The molecular weight excluding hydrogens is 414 g/mol. The molecule has 32 heavy (non-hydrogen) atoms. The van der Waals surface area contributed by atoms with Crippen LogP contribution in [0.15, 0.2) is 31.1 Å². The second kappa shape index (κ2) is 8.10. The summed E-state index contributed by atoms with van der Waals surface area (Å²) >= 11 is 0. The van der Waals surface area contributed by atoms with E-state index < -0.39 is 29.8 Å². The summed E-state index contributed by atoms with van der Waals surface area (Å²) in [4.78, 5) is 26.4. The molecule has 1 aliphatic rings. The van der Waals surface area contributed by atoms with Crippen molar-refractivity contribution in [3.8, 4) is 5.88 Å². The van der Waals surface area contributed by atoms with Crippen LogP contribution in [0.2, 0.25) is 0 Å². The molecule has 0 unspecified atom stereocenters. The Kier molecular flexibility index (Phi) is 5.45. The van der Waals surface area contributed by atoms with Crippen molar-refractivity contribution in [1.82, 2.24) is 24.7 Å². The van der Waals surface area contributed by atoms with E-state index in [1.54, 1.807) is 26.8 Å². The van der Waals surface area contributed by atoms with Crippen LogP contribution < -0.4 is 4.74 Å². The van der Waals surface area contributed by atoms with Crippen molar-refractivity contribution in [3.63, 3.8) is 0 Å². The van der Waals surface area contributed by atoms with Gasteiger partial charge in [-0.3, -0.25) is 4.90 Å². The fourth-order valence-electron chi connectivity index (χ4n) is 3.70. The Bertz CT molecular complexity index is 1200. The zero-order chi connectivity index (χ0) is 23.0. The molecular formula is C22H25N5O5. The molecule has 1 saturated heterocycles. The minimum atomic E-state index is -0.808. The number of methoxy groups -OCH3 is 1. The van der Waals surface area contributed by atoms with Gasteiger partial charge >= 0.3 is 12.1 Å². The van der Waals surface area contributed by atoms with Gasteiger partial charge in [0, 0.05) is 17.2 Å². The molecule has 1 aromatic carbocycles. The fraction of sp³-hybridized carbons (Fsp3) is 0.409. The molecule has 0 spiro atoms. The number of likely N-dealkylation sites (tertiary alicyclic amines) is 1. The van der Waals surface area contributed by atoms with E-state index in [0.717, 1.165) is 16.3 Å². The van der Waals surface area contributed by atoms with Crippen molar-refractivity contribution in [1.29, 1.82) is 0 Å². The minimum absolute atomic E-state index is 0.156. The summed E-state index contributed by atoms with van der Waals surface area (Å²) in [5.41, 5.74) is 0.809. The van der Waals surface area contributed by atoms with Gasteiger partial charge in [-0.2, -0.15) is 4.52 Å². The number of amides is 1. The Morgan fingerprint density at radius 3 is 2.72 bits per heavy atom. The van der Waals surface area contributed by atoms with Gasteiger partial charge in [0.1, 0.15) is 24.1 Å². The standard InChI is InChI=1S/C22H25N5O5/c1-6-13-7-8-15-16(9-13)18-24-23-12-27(18)25-19(15)31-14-10-17(20(28)30-5)26(11-14)21(29)32-22(2,3)4/h6-9,12,14,17H,1,10-11H2,2-5H3/t14-,17+/m1/s1. The van der Waals surface area contributed by atoms with Crippen molar-refractivity contribution in [2.45, 2.75) is 44.9 Å². The molecule has 1 fully saturated rings. The average molecular weight is 439 g/mol. The highest BCUT2D eigenvalue weighted by Gasteiger charge is 2.43. The molecule has 0 aliphatic carbocycles. The Balaban J connectivity index is 1.66. The second-order valence-corrected chi connectivity index (χ2v) is 8.56. The van der Waals surface area contributed by atoms with Crippen LogP contribution in [0.4, 0.5) is 4.79 Å². The lowest BCUT2D eigenvalue weighted by atomic mass is 10.1. The highest BCUT2D eigenvalue weighted by molar-refractivity contribution is 5.97. The number of nitrogens with zero attached hydrogens (tertiary/aromatic N) is 5. The first kappa shape index (κ1) is 21.5. The zero-order valence-corrected chi connectivity index (χ0v) is 18.4. The van der Waals surface area contributed by atoms with E-state index in [4.69, 9.17) is 14.2 Å². The number of hydrogen-bond acceptors (Lipinski definition) is 8. The van der Waals surface area contributed by atoms with Gasteiger partial charge in [-0.05, 0) is 38.5 Å². The van der Waals surface area contributed by atoms with E-state index in [9.17, 15) is 9.59 Å². The smallest absolute Gasteiger partial charge is 0.411 e. The quantitative estimate of drug-likeness (QED) is 0.571. The highest BCUT2D eigenvalue weighted by Crippen LogP contribution is 2.31. The highest BCUT2D eigenvalue weighted by atomic mass is 16.6. The van der Waals surface area contributed by atoms with Gasteiger partial charge in [0.2, 0.25) is 5.88 Å². The Morgan fingerprint density at radius 2 is 2.03 bits per heavy atom. The van der Waals surface area contributed by atoms with Gasteiger partial charge < -0.3 is 14.2 Å². The number of carbonyl (C=O) groups is 2. The SMILES string of the molecule is C=Cc1ccc2c(O[C@@H]3C[C@@H](C(=O)OC)N(C(=O)OC(C)(C)C)C3)nn3cnnc3c2c1. The van der Waals surface area contributed by atoms with Crippen molar-refractivity contribution in [2.75, 3.05) is 13.7 Å². The number of benzene rings is 1. The Labute approximate surface area is 184 Å². The third-order valence-electron chi connectivity index (χ3n) is 5.12. The van der Waals surface area contributed by atoms with Gasteiger partial charge in [-0.15, -0.1) is 15.3 Å². The first-order chi connectivity index (χ1) is 15.2. The van der Waals surface area contributed by atoms with Crippen molar-refractivity contribution < 1.29 is 23.8 Å². The van der Waals surface area contributed by atoms with Crippen LogP contribution in [-0.4, -0.2) is 68.2 Å². The molecule has 1 aliphatic heterocycles. The Hall–Kier alpha value is -3.69. The lowest BCUT2D eigenvalue weighted by molar-refractivity contribution is -0.145. The number of fused-ring (bicyclic) bond motifs is 3. The molecule has 0 saturated carbocycles. The number of aromatic nitrogens is 4. The van der Waals surface area contributed by atoms with Crippen molar-refractivity contribution in [3.05, 3.63) is 36.7 Å². The average Bonchev–Trinajstić information content (AvgIpc) is 3.39. The minimum Gasteiger partial charge on any atom is -0.471 e. The molecule has 0 radical (unpaired) electrons. The van der Waals surface area contributed by atoms with Gasteiger partial charge in [-0.1, -0.05) is 18.7 Å². The monoisotopic (exact) mass is 439 g/mol. The summed E-state index contributed by atoms with van der Waals surface area (Å²) in [7, 11) is 1.29. The molecule has 10 nitrogen and oxygen atoms in total. The van der Waals surface area contributed by atoms with E-state index in [-0.39, 0.29) is 13.0 Å². The van der Waals surface area contributed by atoms with Crippen molar-refractivity contribution in [2.24, 2.45) is 0 Å². The molecule has 2 aromatic heterocycles. The van der Waals surface area contributed by atoms with Crippen LogP contribution in [0.3, 0.4) is 0 Å². The van der Waals surface area contributed by atoms with Crippen molar-refractivity contribution >= 4 is 34.6 Å². The molecule has 0 bridgehead atoms. The topological polar surface area (TPSA) is 108 Å². The van der Waals surface area contributed by atoms with Crippen LogP contribution in [0.5, 0.6) is 5.88 Å². The lowest BCUT2D eigenvalue weighted by Crippen LogP contribution is -2.44. The maximum Gasteiger partial charge on any atom is 0.411 e. The lowest BCUT2D eigenvalue weighted by Gasteiger charge is -2.27. The molecule has 0 N–H and O–H groups in total. The fourth-order valence-corrected chi connectivity index (χ4v) is 3.70. The summed E-state index contributed by atoms with van der Waals surface area (Å²) in [5, 5.41) is 14.1. The second-order valence-electron chi connectivity index (χ2n) is 8.56. The molecule has 3 aromatic rings. The number of rotatable bonds is 4. The molecule has 2 atom stereocenters. The van der Waals surface area contributed by atoms with Gasteiger partial charge in [0.25, 0.3) is 0 Å². The number of esters is 1. The van der Waals surface area contributed by atoms with Crippen LogP contribution in [0, 0.1) is 0 Å². The largest absolute Gasteiger partial charge is 0.471 e. The van der Waals surface area contributed by atoms with Gasteiger partial charge in [0.05, 0.1) is 13.7 Å². The molecule has 10 heteroatoms. The molecule has 3 heterocycles. The van der Waals surface area contributed by atoms with Crippen LogP contribution in [0.25, 0.3) is 22.5 Å². The molecule has 4 rings (SSSR count). The third kappa shape index (κ3) is 4.08. The zero-order valence-electron chi connectivity index (χ0n) is 18.4. The van der Waals surface area contributed by atoms with Gasteiger partial charge in [0.15, 0.2) is 5.65 Å².